The van der Waals surface area contributed by atoms with Crippen LogP contribution < -0.4 is 0 Å². The number of benzene rings is 1. The molecule has 1 fully saturated rings. The molecule has 6 heteroatoms. The molecule has 0 unspecified atom stereocenters. The average Bonchev–Trinajstić information content (AvgIpc) is 3.07. The molecule has 1 saturated carbocycles. The molecule has 1 aliphatic carbocycles. The number of rotatable bonds is 15. The van der Waals surface area contributed by atoms with Crippen LogP contribution in [-0.4, -0.2) is 46.0 Å². The molecule has 0 saturated heterocycles. The summed E-state index contributed by atoms with van der Waals surface area (Å²) in [5.74, 6) is -0.00321. The summed E-state index contributed by atoms with van der Waals surface area (Å²) in [6.45, 7) is 2.09. The van der Waals surface area contributed by atoms with Crippen LogP contribution in [0.1, 0.15) is 101 Å². The van der Waals surface area contributed by atoms with Crippen LogP contribution in [0.5, 0.6) is 0 Å². The molecule has 5 atom stereocenters. The van der Waals surface area contributed by atoms with Crippen molar-refractivity contribution in [3.05, 3.63) is 35.4 Å². The number of carbonyl (C=O) groups is 1. The van der Waals surface area contributed by atoms with Crippen LogP contribution in [0, 0.1) is 5.92 Å². The van der Waals surface area contributed by atoms with Crippen LogP contribution in [0.4, 0.5) is 0 Å². The summed E-state index contributed by atoms with van der Waals surface area (Å²) >= 11 is 6.62. The lowest BCUT2D eigenvalue weighted by Crippen LogP contribution is -2.19. The van der Waals surface area contributed by atoms with E-state index in [0.29, 0.717) is 12.8 Å². The van der Waals surface area contributed by atoms with Gasteiger partial charge >= 0.3 is 5.97 Å². The standard InChI is InChI=1S/C26H41ClO5/c1-2-3-6-10-23(29)19-12-14-20(15-13-19)26-21(22(27)18-24(26)30)9-7-4-5-8-11-25(31)32-17-16-28/h12-15,21-24,26,28-30H,2-11,16-18H2,1H3/t21-,22+,23-,24+,26+/m0/s1. The number of carbonyl (C=O) groups excluding carboxylic acids is 1. The van der Waals surface area contributed by atoms with Crippen LogP contribution in [0.15, 0.2) is 24.3 Å². The third-order valence-corrected chi connectivity index (χ3v) is 7.12. The fourth-order valence-electron chi connectivity index (χ4n) is 4.82. The molecule has 0 bridgehead atoms. The number of ether oxygens (including phenoxy) is 1. The molecule has 2 rings (SSSR count). The Bertz CT molecular complexity index is 650. The summed E-state index contributed by atoms with van der Waals surface area (Å²) in [6.07, 6.45) is 8.92. The van der Waals surface area contributed by atoms with Crippen molar-refractivity contribution in [3.8, 4) is 0 Å². The number of halogens is 1. The quantitative estimate of drug-likeness (QED) is 0.186. The Morgan fingerprint density at radius 2 is 1.84 bits per heavy atom. The Hall–Kier alpha value is -1.14. The Labute approximate surface area is 198 Å². The zero-order valence-electron chi connectivity index (χ0n) is 19.4. The van der Waals surface area contributed by atoms with E-state index in [1.807, 2.05) is 24.3 Å². The Balaban J connectivity index is 1.82. The largest absolute Gasteiger partial charge is 0.463 e. The van der Waals surface area contributed by atoms with Gasteiger partial charge in [0.2, 0.25) is 0 Å². The first-order valence-electron chi connectivity index (χ1n) is 12.3. The summed E-state index contributed by atoms with van der Waals surface area (Å²) in [6, 6.07) is 8.08. The van der Waals surface area contributed by atoms with E-state index in [1.54, 1.807) is 0 Å². The highest BCUT2D eigenvalue weighted by atomic mass is 35.5. The van der Waals surface area contributed by atoms with Gasteiger partial charge in [-0.3, -0.25) is 4.79 Å². The van der Waals surface area contributed by atoms with E-state index in [2.05, 4.69) is 6.92 Å². The lowest BCUT2D eigenvalue weighted by atomic mass is 9.83. The zero-order chi connectivity index (χ0) is 23.3. The third-order valence-electron chi connectivity index (χ3n) is 6.62. The maximum absolute atomic E-state index is 11.5. The van der Waals surface area contributed by atoms with E-state index in [4.69, 9.17) is 21.4 Å². The van der Waals surface area contributed by atoms with E-state index in [9.17, 15) is 15.0 Å². The fraction of sp³-hybridized carbons (Fsp3) is 0.731. The highest BCUT2D eigenvalue weighted by molar-refractivity contribution is 6.21. The molecule has 1 aromatic rings. The Kier molecular flexibility index (Phi) is 12.6. The number of unbranched alkanes of at least 4 members (excludes halogenated alkanes) is 5. The highest BCUT2D eigenvalue weighted by Crippen LogP contribution is 2.45. The van der Waals surface area contributed by atoms with Gasteiger partial charge in [0.25, 0.3) is 0 Å². The van der Waals surface area contributed by atoms with Gasteiger partial charge in [-0.05, 0) is 42.7 Å². The van der Waals surface area contributed by atoms with Crippen molar-refractivity contribution in [1.82, 2.24) is 0 Å². The van der Waals surface area contributed by atoms with Crippen molar-refractivity contribution in [3.63, 3.8) is 0 Å². The summed E-state index contributed by atoms with van der Waals surface area (Å²) in [7, 11) is 0. The highest BCUT2D eigenvalue weighted by Gasteiger charge is 2.41. The molecule has 0 amide bonds. The number of aliphatic hydroxyl groups is 3. The van der Waals surface area contributed by atoms with Gasteiger partial charge in [0.05, 0.1) is 18.8 Å². The van der Waals surface area contributed by atoms with Crippen LogP contribution in [-0.2, 0) is 9.53 Å². The number of hydrogen-bond donors (Lipinski definition) is 3. The lowest BCUT2D eigenvalue weighted by Gasteiger charge is -2.24. The van der Waals surface area contributed by atoms with E-state index < -0.39 is 12.2 Å². The molecular weight excluding hydrogens is 428 g/mol. The monoisotopic (exact) mass is 468 g/mol. The topological polar surface area (TPSA) is 87.0 Å². The van der Waals surface area contributed by atoms with Gasteiger partial charge in [0.1, 0.15) is 6.61 Å². The SMILES string of the molecule is CCCCC[C@H](O)c1ccc([C@@H]2[C@@H](CCCCCCC(=O)OCCO)[C@H](Cl)C[C@H]2O)cc1. The first-order valence-corrected chi connectivity index (χ1v) is 12.8. The third kappa shape index (κ3) is 8.66. The molecular formula is C26H41ClO5. The molecule has 0 heterocycles. The van der Waals surface area contributed by atoms with Crippen molar-refractivity contribution >= 4 is 17.6 Å². The maximum atomic E-state index is 11.5. The second-order valence-electron chi connectivity index (χ2n) is 9.08. The molecule has 3 N–H and O–H groups in total. The molecule has 0 aliphatic heterocycles. The molecule has 0 spiro atoms. The minimum Gasteiger partial charge on any atom is -0.463 e. The Morgan fingerprint density at radius 3 is 2.53 bits per heavy atom. The van der Waals surface area contributed by atoms with Crippen molar-refractivity contribution in [2.75, 3.05) is 13.2 Å². The summed E-state index contributed by atoms with van der Waals surface area (Å²) in [4.78, 5) is 11.5. The van der Waals surface area contributed by atoms with Gasteiger partial charge < -0.3 is 20.1 Å². The van der Waals surface area contributed by atoms with Gasteiger partial charge in [0, 0.05) is 17.7 Å². The van der Waals surface area contributed by atoms with Gasteiger partial charge in [-0.2, -0.15) is 0 Å². The summed E-state index contributed by atoms with van der Waals surface area (Å²) < 4.78 is 4.87. The number of hydrogen-bond acceptors (Lipinski definition) is 5. The van der Waals surface area contributed by atoms with Crippen LogP contribution in [0.25, 0.3) is 0 Å². The van der Waals surface area contributed by atoms with Gasteiger partial charge in [-0.15, -0.1) is 11.6 Å². The minimum absolute atomic E-state index is 0.0252. The maximum Gasteiger partial charge on any atom is 0.305 e. The normalized spacial score (nSPS) is 23.9. The molecule has 182 valence electrons. The van der Waals surface area contributed by atoms with Crippen LogP contribution >= 0.6 is 11.6 Å². The van der Waals surface area contributed by atoms with Crippen molar-refractivity contribution in [2.24, 2.45) is 5.92 Å². The molecule has 0 radical (unpaired) electrons. The van der Waals surface area contributed by atoms with E-state index >= 15 is 0 Å². The molecule has 1 aliphatic rings. The van der Waals surface area contributed by atoms with E-state index in [-0.39, 0.29) is 36.4 Å². The number of aliphatic hydroxyl groups excluding tert-OH is 3. The van der Waals surface area contributed by atoms with Crippen molar-refractivity contribution in [2.45, 2.75) is 101 Å². The predicted molar refractivity (Wildman–Crippen MR) is 128 cm³/mol. The molecule has 32 heavy (non-hydrogen) atoms. The van der Waals surface area contributed by atoms with E-state index in [0.717, 1.165) is 68.9 Å². The number of alkyl halides is 1. The second-order valence-corrected chi connectivity index (χ2v) is 9.64. The minimum atomic E-state index is -0.441. The molecule has 5 nitrogen and oxygen atoms in total. The molecule has 0 aromatic heterocycles. The molecule has 1 aromatic carbocycles. The van der Waals surface area contributed by atoms with E-state index in [1.165, 1.54) is 0 Å². The smallest absolute Gasteiger partial charge is 0.305 e. The van der Waals surface area contributed by atoms with Gasteiger partial charge in [-0.1, -0.05) is 69.7 Å². The van der Waals surface area contributed by atoms with Crippen LogP contribution in [0.3, 0.4) is 0 Å². The van der Waals surface area contributed by atoms with Crippen LogP contribution in [0.2, 0.25) is 0 Å². The number of esters is 1. The summed E-state index contributed by atoms with van der Waals surface area (Å²) in [5.41, 5.74) is 2.04. The first kappa shape index (κ1) is 27.1. The van der Waals surface area contributed by atoms with Crippen molar-refractivity contribution < 1.29 is 24.9 Å². The summed E-state index contributed by atoms with van der Waals surface area (Å²) in [5, 5.41) is 29.7. The lowest BCUT2D eigenvalue weighted by molar-refractivity contribution is -0.144. The first-order chi connectivity index (χ1) is 15.5. The predicted octanol–water partition coefficient (Wildman–Crippen LogP) is 5.25. The van der Waals surface area contributed by atoms with Crippen molar-refractivity contribution in [1.29, 1.82) is 0 Å². The second kappa shape index (κ2) is 14.9. The average molecular weight is 469 g/mol. The Morgan fingerprint density at radius 1 is 1.12 bits per heavy atom. The van der Waals surface area contributed by atoms with Gasteiger partial charge in [0.15, 0.2) is 0 Å². The van der Waals surface area contributed by atoms with Gasteiger partial charge in [-0.25, -0.2) is 0 Å². The fourth-order valence-corrected chi connectivity index (χ4v) is 5.29. The zero-order valence-corrected chi connectivity index (χ0v) is 20.2.